The Morgan fingerprint density at radius 2 is 1.00 bits per heavy atom. The third-order valence-electron chi connectivity index (χ3n) is 3.28. The molecule has 0 saturated carbocycles. The molecule has 0 N–H and O–H groups in total. The fourth-order valence-corrected chi connectivity index (χ4v) is 2.19. The number of ether oxygens (including phenoxy) is 6. The molecule has 0 aromatic heterocycles. The molecular formula is C19H20O8. The van der Waals surface area contributed by atoms with Crippen LogP contribution in [0.2, 0.25) is 0 Å². The summed E-state index contributed by atoms with van der Waals surface area (Å²) >= 11 is 0. The molecule has 0 aliphatic carbocycles. The first-order valence-electron chi connectivity index (χ1n) is 7.86. The maximum Gasteiger partial charge on any atom is 0.308 e. The summed E-state index contributed by atoms with van der Waals surface area (Å²) in [6, 6.07) is 7.76. The fraction of sp³-hybridized carbons (Fsp3) is 0.263. The summed E-state index contributed by atoms with van der Waals surface area (Å²) in [7, 11) is 4.43. The first kappa shape index (κ1) is 19.9. The zero-order valence-corrected chi connectivity index (χ0v) is 15.7. The summed E-state index contributed by atoms with van der Waals surface area (Å²) < 4.78 is 31.8. The van der Waals surface area contributed by atoms with Crippen LogP contribution < -0.4 is 28.4 Å². The predicted octanol–water partition coefficient (Wildman–Crippen LogP) is 3.36. The minimum atomic E-state index is -0.579. The van der Waals surface area contributed by atoms with Crippen LogP contribution in [-0.2, 0) is 9.59 Å². The third kappa shape index (κ3) is 5.27. The van der Waals surface area contributed by atoms with Crippen molar-refractivity contribution < 1.29 is 38.0 Å². The van der Waals surface area contributed by atoms with Gasteiger partial charge in [0.05, 0.1) is 21.3 Å². The molecule has 0 aliphatic heterocycles. The van der Waals surface area contributed by atoms with Gasteiger partial charge in [0, 0.05) is 44.2 Å². The van der Waals surface area contributed by atoms with E-state index in [1.165, 1.54) is 47.3 Å². The van der Waals surface area contributed by atoms with Crippen molar-refractivity contribution in [1.82, 2.24) is 0 Å². The van der Waals surface area contributed by atoms with Gasteiger partial charge in [0.15, 0.2) is 11.5 Å². The van der Waals surface area contributed by atoms with Crippen LogP contribution in [0, 0.1) is 0 Å². The van der Waals surface area contributed by atoms with Crippen LogP contribution in [0.3, 0.4) is 0 Å². The van der Waals surface area contributed by atoms with E-state index >= 15 is 0 Å². The van der Waals surface area contributed by atoms with Gasteiger partial charge in [0.1, 0.15) is 23.0 Å². The molecule has 0 atom stereocenters. The van der Waals surface area contributed by atoms with E-state index in [4.69, 9.17) is 28.4 Å². The number of rotatable bonds is 7. The maximum atomic E-state index is 11.5. The fourth-order valence-electron chi connectivity index (χ4n) is 2.19. The molecule has 8 heteroatoms. The standard InChI is InChI=1S/C19H20O8/c1-11(20)25-17-9-15(24-5)10-18(26-12(2)21)19(17)27-16-7-13(22-3)6-14(8-16)23-4/h6-10H,1-5H3. The summed E-state index contributed by atoms with van der Waals surface area (Å²) in [6.07, 6.45) is 0. The average Bonchev–Trinajstić information content (AvgIpc) is 2.62. The minimum Gasteiger partial charge on any atom is -0.496 e. The largest absolute Gasteiger partial charge is 0.496 e. The van der Waals surface area contributed by atoms with Crippen molar-refractivity contribution in [2.45, 2.75) is 13.8 Å². The Morgan fingerprint density at radius 3 is 1.37 bits per heavy atom. The van der Waals surface area contributed by atoms with E-state index in [1.807, 2.05) is 0 Å². The van der Waals surface area contributed by atoms with E-state index in [0.29, 0.717) is 23.0 Å². The Morgan fingerprint density at radius 1 is 0.630 bits per heavy atom. The van der Waals surface area contributed by atoms with Crippen molar-refractivity contribution in [2.75, 3.05) is 21.3 Å². The summed E-state index contributed by atoms with van der Waals surface area (Å²) in [6.45, 7) is 2.48. The van der Waals surface area contributed by atoms with Crippen LogP contribution in [-0.4, -0.2) is 33.3 Å². The van der Waals surface area contributed by atoms with E-state index in [1.54, 1.807) is 18.2 Å². The Bertz CT molecular complexity index is 784. The van der Waals surface area contributed by atoms with Crippen LogP contribution >= 0.6 is 0 Å². The number of hydrogen-bond acceptors (Lipinski definition) is 8. The zero-order valence-electron chi connectivity index (χ0n) is 15.7. The predicted molar refractivity (Wildman–Crippen MR) is 95.2 cm³/mol. The highest BCUT2D eigenvalue weighted by Crippen LogP contribution is 2.45. The smallest absolute Gasteiger partial charge is 0.308 e. The molecule has 0 amide bonds. The molecule has 144 valence electrons. The molecule has 2 rings (SSSR count). The van der Waals surface area contributed by atoms with Crippen molar-refractivity contribution in [2.24, 2.45) is 0 Å². The van der Waals surface area contributed by atoms with Gasteiger partial charge in [0.25, 0.3) is 0 Å². The van der Waals surface area contributed by atoms with Crippen LogP contribution in [0.1, 0.15) is 13.8 Å². The monoisotopic (exact) mass is 376 g/mol. The third-order valence-corrected chi connectivity index (χ3v) is 3.28. The average molecular weight is 376 g/mol. The van der Waals surface area contributed by atoms with Gasteiger partial charge in [0.2, 0.25) is 5.75 Å². The zero-order chi connectivity index (χ0) is 20.0. The first-order valence-corrected chi connectivity index (χ1v) is 7.86. The van der Waals surface area contributed by atoms with Crippen LogP contribution in [0.5, 0.6) is 40.2 Å². The highest BCUT2D eigenvalue weighted by atomic mass is 16.6. The van der Waals surface area contributed by atoms with Gasteiger partial charge in [-0.3, -0.25) is 9.59 Å². The van der Waals surface area contributed by atoms with E-state index < -0.39 is 11.9 Å². The molecule has 27 heavy (non-hydrogen) atoms. The lowest BCUT2D eigenvalue weighted by molar-refractivity contribution is -0.132. The van der Waals surface area contributed by atoms with Gasteiger partial charge in [-0.05, 0) is 0 Å². The summed E-state index contributed by atoms with van der Waals surface area (Å²) in [5.74, 6) is 0.532. The van der Waals surface area contributed by atoms with Crippen molar-refractivity contribution >= 4 is 11.9 Å². The molecule has 0 saturated heterocycles. The number of carbonyl (C=O) groups excluding carboxylic acids is 2. The second-order valence-electron chi connectivity index (χ2n) is 5.29. The van der Waals surface area contributed by atoms with E-state index in [-0.39, 0.29) is 17.2 Å². The number of esters is 2. The first-order chi connectivity index (χ1) is 12.9. The summed E-state index contributed by atoms with van der Waals surface area (Å²) in [5, 5.41) is 0. The lowest BCUT2D eigenvalue weighted by atomic mass is 10.2. The topological polar surface area (TPSA) is 89.5 Å². The van der Waals surface area contributed by atoms with Gasteiger partial charge in [-0.25, -0.2) is 0 Å². The van der Waals surface area contributed by atoms with Crippen molar-refractivity contribution in [3.8, 4) is 40.2 Å². The van der Waals surface area contributed by atoms with Crippen molar-refractivity contribution in [3.63, 3.8) is 0 Å². The molecule has 0 radical (unpaired) electrons. The normalized spacial score (nSPS) is 9.96. The van der Waals surface area contributed by atoms with Crippen LogP contribution in [0.4, 0.5) is 0 Å². The maximum absolute atomic E-state index is 11.5. The quantitative estimate of drug-likeness (QED) is 0.537. The van der Waals surface area contributed by atoms with E-state index in [2.05, 4.69) is 0 Å². The molecule has 2 aromatic rings. The Labute approximate surface area is 156 Å². The Balaban J connectivity index is 2.58. The van der Waals surface area contributed by atoms with E-state index in [0.717, 1.165) is 0 Å². The van der Waals surface area contributed by atoms with Gasteiger partial charge in [-0.15, -0.1) is 0 Å². The van der Waals surface area contributed by atoms with Gasteiger partial charge in [-0.2, -0.15) is 0 Å². The Hall–Kier alpha value is -3.42. The Kier molecular flexibility index (Phi) is 6.48. The number of hydrogen-bond donors (Lipinski definition) is 0. The van der Waals surface area contributed by atoms with Crippen molar-refractivity contribution in [3.05, 3.63) is 30.3 Å². The van der Waals surface area contributed by atoms with E-state index in [9.17, 15) is 9.59 Å². The molecule has 8 nitrogen and oxygen atoms in total. The van der Waals surface area contributed by atoms with Crippen LogP contribution in [0.25, 0.3) is 0 Å². The van der Waals surface area contributed by atoms with Gasteiger partial charge in [-0.1, -0.05) is 0 Å². The number of carbonyl (C=O) groups is 2. The molecule has 0 unspecified atom stereocenters. The summed E-state index contributed by atoms with van der Waals surface area (Å²) in [5.41, 5.74) is 0. The van der Waals surface area contributed by atoms with Gasteiger partial charge < -0.3 is 28.4 Å². The van der Waals surface area contributed by atoms with Gasteiger partial charge >= 0.3 is 11.9 Å². The molecule has 0 spiro atoms. The molecule has 0 fully saturated rings. The van der Waals surface area contributed by atoms with Crippen molar-refractivity contribution in [1.29, 1.82) is 0 Å². The second-order valence-corrected chi connectivity index (χ2v) is 5.29. The molecule has 0 heterocycles. The lowest BCUT2D eigenvalue weighted by Crippen LogP contribution is -2.07. The SMILES string of the molecule is COc1cc(OC)cc(Oc2c(OC(C)=O)cc(OC)cc2OC(C)=O)c1. The molecule has 2 aromatic carbocycles. The molecule has 0 bridgehead atoms. The molecular weight excluding hydrogens is 356 g/mol. The highest BCUT2D eigenvalue weighted by Gasteiger charge is 2.20. The second kappa shape index (κ2) is 8.79. The highest BCUT2D eigenvalue weighted by molar-refractivity contribution is 5.75. The number of benzene rings is 2. The molecule has 0 aliphatic rings. The number of methoxy groups -OCH3 is 3. The lowest BCUT2D eigenvalue weighted by Gasteiger charge is -2.17. The van der Waals surface area contributed by atoms with Crippen LogP contribution in [0.15, 0.2) is 30.3 Å². The summed E-state index contributed by atoms with van der Waals surface area (Å²) in [4.78, 5) is 23.0. The minimum absolute atomic E-state index is 0.0245.